The molecule has 1 aromatic heterocycles. The summed E-state index contributed by atoms with van der Waals surface area (Å²) in [5, 5.41) is 0. The van der Waals surface area contributed by atoms with Crippen LogP contribution in [0.4, 0.5) is 4.39 Å². The number of hydrogen-bond acceptors (Lipinski definition) is 3. The lowest BCUT2D eigenvalue weighted by Crippen LogP contribution is -2.15. The van der Waals surface area contributed by atoms with Crippen molar-refractivity contribution in [1.29, 1.82) is 0 Å². The van der Waals surface area contributed by atoms with Crippen molar-refractivity contribution in [2.24, 2.45) is 5.92 Å². The van der Waals surface area contributed by atoms with Crippen LogP contribution in [0.5, 0.6) is 5.75 Å². The lowest BCUT2D eigenvalue weighted by molar-refractivity contribution is 0.174. The highest BCUT2D eigenvalue weighted by molar-refractivity contribution is 5.64. The van der Waals surface area contributed by atoms with Gasteiger partial charge in [0.1, 0.15) is 18.5 Å². The number of aryl methyl sites for hydroxylation is 1. The van der Waals surface area contributed by atoms with Crippen molar-refractivity contribution in [2.75, 3.05) is 6.61 Å². The van der Waals surface area contributed by atoms with Crippen LogP contribution in [0.1, 0.15) is 71.3 Å². The van der Waals surface area contributed by atoms with E-state index in [2.05, 4.69) is 41.2 Å². The van der Waals surface area contributed by atoms with Crippen molar-refractivity contribution in [1.82, 2.24) is 9.97 Å². The molecule has 3 rings (SSSR count). The normalized spacial score (nSPS) is 12.1. The Bertz CT molecular complexity index is 953. The van der Waals surface area contributed by atoms with Gasteiger partial charge in [-0.05, 0) is 60.6 Å². The third kappa shape index (κ3) is 8.55. The summed E-state index contributed by atoms with van der Waals surface area (Å²) in [5.41, 5.74) is 4.44. The fraction of sp³-hybridized carbons (Fsp3) is 0.467. The topological polar surface area (TPSA) is 35.0 Å². The molecule has 3 nitrogen and oxygen atoms in total. The zero-order valence-corrected chi connectivity index (χ0v) is 21.0. The lowest BCUT2D eigenvalue weighted by Gasteiger charge is -2.12. The molecule has 182 valence electrons. The van der Waals surface area contributed by atoms with Gasteiger partial charge in [-0.25, -0.2) is 14.4 Å². The number of hydrogen-bond donors (Lipinski definition) is 0. The molecule has 0 aliphatic heterocycles. The first-order valence-electron chi connectivity index (χ1n) is 12.8. The van der Waals surface area contributed by atoms with Crippen molar-refractivity contribution < 1.29 is 9.13 Å². The summed E-state index contributed by atoms with van der Waals surface area (Å²) in [6, 6.07) is 16.3. The van der Waals surface area contributed by atoms with E-state index in [1.807, 2.05) is 50.5 Å². The highest BCUT2D eigenvalue weighted by Gasteiger charge is 2.10. The third-order valence-electron chi connectivity index (χ3n) is 6.03. The Morgan fingerprint density at radius 3 is 2.03 bits per heavy atom. The Morgan fingerprint density at radius 2 is 1.38 bits per heavy atom. The van der Waals surface area contributed by atoms with E-state index in [0.29, 0.717) is 23.9 Å². The van der Waals surface area contributed by atoms with Gasteiger partial charge in [0.15, 0.2) is 5.82 Å². The molecule has 0 saturated heterocycles. The Kier molecular flexibility index (Phi) is 10.5. The standard InChI is InChI=1S/C30H39FN2O/c1-4-5-6-7-8-9-10-24-11-13-25(14-12-24)27-20-32-30(33-21-27)26-15-17-29(18-16-26)34-22-28(31)19-23(2)3/h11-18,20-21,23,28H,4-10,19,22H2,1-3H3. The van der Waals surface area contributed by atoms with Crippen LogP contribution < -0.4 is 4.74 Å². The van der Waals surface area contributed by atoms with E-state index < -0.39 is 6.17 Å². The number of rotatable bonds is 14. The summed E-state index contributed by atoms with van der Waals surface area (Å²) >= 11 is 0. The van der Waals surface area contributed by atoms with Gasteiger partial charge in [-0.2, -0.15) is 0 Å². The first-order chi connectivity index (χ1) is 16.5. The highest BCUT2D eigenvalue weighted by Crippen LogP contribution is 2.23. The van der Waals surface area contributed by atoms with Gasteiger partial charge < -0.3 is 4.74 Å². The summed E-state index contributed by atoms with van der Waals surface area (Å²) in [5.74, 6) is 1.65. The summed E-state index contributed by atoms with van der Waals surface area (Å²) in [6.45, 7) is 6.37. The average molecular weight is 463 g/mol. The molecule has 0 amide bonds. The van der Waals surface area contributed by atoms with Crippen molar-refractivity contribution >= 4 is 0 Å². The zero-order valence-electron chi connectivity index (χ0n) is 21.0. The summed E-state index contributed by atoms with van der Waals surface area (Å²) in [6.07, 6.45) is 12.4. The zero-order chi connectivity index (χ0) is 24.2. The second-order valence-corrected chi connectivity index (χ2v) is 9.57. The number of aromatic nitrogens is 2. The van der Waals surface area contributed by atoms with Gasteiger partial charge in [0.05, 0.1) is 0 Å². The van der Waals surface area contributed by atoms with E-state index >= 15 is 0 Å². The summed E-state index contributed by atoms with van der Waals surface area (Å²) in [7, 11) is 0. The number of halogens is 1. The molecule has 0 aliphatic carbocycles. The third-order valence-corrected chi connectivity index (χ3v) is 6.03. The second kappa shape index (κ2) is 13.8. The van der Waals surface area contributed by atoms with Crippen LogP contribution in [0.25, 0.3) is 22.5 Å². The number of ether oxygens (including phenoxy) is 1. The van der Waals surface area contributed by atoms with Crippen molar-refractivity contribution in [3.8, 4) is 28.3 Å². The second-order valence-electron chi connectivity index (χ2n) is 9.57. The number of unbranched alkanes of at least 4 members (excludes halogenated alkanes) is 5. The van der Waals surface area contributed by atoms with Crippen LogP contribution in [-0.4, -0.2) is 22.7 Å². The number of benzene rings is 2. The minimum absolute atomic E-state index is 0.0838. The molecule has 1 atom stereocenters. The maximum Gasteiger partial charge on any atom is 0.159 e. The van der Waals surface area contributed by atoms with E-state index in [4.69, 9.17) is 4.74 Å². The molecular formula is C30H39FN2O. The average Bonchev–Trinajstić information content (AvgIpc) is 2.85. The Morgan fingerprint density at radius 1 is 0.765 bits per heavy atom. The van der Waals surface area contributed by atoms with Crippen molar-refractivity contribution in [3.63, 3.8) is 0 Å². The van der Waals surface area contributed by atoms with Gasteiger partial charge in [-0.3, -0.25) is 0 Å². The van der Waals surface area contributed by atoms with Crippen LogP contribution in [0, 0.1) is 5.92 Å². The van der Waals surface area contributed by atoms with Gasteiger partial charge in [-0.15, -0.1) is 0 Å². The Balaban J connectivity index is 1.50. The SMILES string of the molecule is CCCCCCCCc1ccc(-c2cnc(-c3ccc(OCC(F)CC(C)C)cc3)nc2)cc1. The van der Waals surface area contributed by atoms with Crippen molar-refractivity contribution in [3.05, 3.63) is 66.5 Å². The van der Waals surface area contributed by atoms with Gasteiger partial charge in [0, 0.05) is 23.5 Å². The van der Waals surface area contributed by atoms with Crippen LogP contribution in [0.2, 0.25) is 0 Å². The highest BCUT2D eigenvalue weighted by atomic mass is 19.1. The predicted octanol–water partition coefficient (Wildman–Crippen LogP) is 8.48. The molecule has 0 N–H and O–H groups in total. The van der Waals surface area contributed by atoms with Crippen LogP contribution in [-0.2, 0) is 6.42 Å². The first kappa shape index (κ1) is 25.9. The molecule has 0 radical (unpaired) electrons. The Labute approximate surface area is 204 Å². The molecule has 0 aliphatic rings. The summed E-state index contributed by atoms with van der Waals surface area (Å²) < 4.78 is 19.4. The van der Waals surface area contributed by atoms with Gasteiger partial charge in [-0.1, -0.05) is 77.1 Å². The first-order valence-corrected chi connectivity index (χ1v) is 12.8. The van der Waals surface area contributed by atoms with Crippen LogP contribution in [0.15, 0.2) is 60.9 Å². The van der Waals surface area contributed by atoms with Gasteiger partial charge >= 0.3 is 0 Å². The van der Waals surface area contributed by atoms with Crippen LogP contribution >= 0.6 is 0 Å². The van der Waals surface area contributed by atoms with E-state index in [1.54, 1.807) is 0 Å². The molecule has 34 heavy (non-hydrogen) atoms. The maximum atomic E-state index is 13.8. The summed E-state index contributed by atoms with van der Waals surface area (Å²) in [4.78, 5) is 9.11. The number of alkyl halides is 1. The Hall–Kier alpha value is -2.75. The minimum atomic E-state index is -0.944. The molecule has 2 aromatic carbocycles. The minimum Gasteiger partial charge on any atom is -0.491 e. The predicted molar refractivity (Wildman–Crippen MR) is 140 cm³/mol. The van der Waals surface area contributed by atoms with Gasteiger partial charge in [0.25, 0.3) is 0 Å². The van der Waals surface area contributed by atoms with E-state index in [1.165, 1.54) is 44.1 Å². The fourth-order valence-corrected chi connectivity index (χ4v) is 4.07. The smallest absolute Gasteiger partial charge is 0.159 e. The van der Waals surface area contributed by atoms with E-state index in [9.17, 15) is 4.39 Å². The maximum absolute atomic E-state index is 13.8. The molecular weight excluding hydrogens is 423 g/mol. The molecule has 0 fully saturated rings. The molecule has 1 unspecified atom stereocenters. The van der Waals surface area contributed by atoms with E-state index in [-0.39, 0.29) is 6.61 Å². The quantitative estimate of drug-likeness (QED) is 0.225. The largest absolute Gasteiger partial charge is 0.491 e. The fourth-order valence-electron chi connectivity index (χ4n) is 4.07. The molecule has 3 aromatic rings. The monoisotopic (exact) mass is 462 g/mol. The van der Waals surface area contributed by atoms with Crippen molar-refractivity contribution in [2.45, 2.75) is 78.3 Å². The molecule has 1 heterocycles. The molecule has 4 heteroatoms. The molecule has 0 saturated carbocycles. The van der Waals surface area contributed by atoms with Crippen LogP contribution in [0.3, 0.4) is 0 Å². The van der Waals surface area contributed by atoms with Gasteiger partial charge in [0.2, 0.25) is 0 Å². The molecule has 0 spiro atoms. The lowest BCUT2D eigenvalue weighted by atomic mass is 10.0. The molecule has 0 bridgehead atoms. The number of nitrogens with zero attached hydrogens (tertiary/aromatic N) is 2. The van der Waals surface area contributed by atoms with E-state index in [0.717, 1.165) is 23.1 Å².